The normalized spacial score (nSPS) is 26.5. The van der Waals surface area contributed by atoms with E-state index in [4.69, 9.17) is 4.52 Å². The summed E-state index contributed by atoms with van der Waals surface area (Å²) in [6, 6.07) is 4.25. The fourth-order valence-corrected chi connectivity index (χ4v) is 4.40. The Balaban J connectivity index is 1.35. The summed E-state index contributed by atoms with van der Waals surface area (Å²) in [6.45, 7) is 2.25. The van der Waals surface area contributed by atoms with Crippen molar-refractivity contribution in [2.75, 3.05) is 6.54 Å². The van der Waals surface area contributed by atoms with Crippen molar-refractivity contribution in [2.24, 2.45) is 5.92 Å². The fraction of sp³-hybridized carbons (Fsp3) is 0.632. The molecule has 2 aliphatic carbocycles. The van der Waals surface area contributed by atoms with Crippen LogP contribution in [0.1, 0.15) is 72.7 Å². The van der Waals surface area contributed by atoms with Crippen LogP contribution in [0.15, 0.2) is 22.9 Å². The van der Waals surface area contributed by atoms with Crippen LogP contribution in [-0.2, 0) is 0 Å². The number of carbonyl (C=O) groups is 1. The summed E-state index contributed by atoms with van der Waals surface area (Å²) < 4.78 is 7.35. The Labute approximate surface area is 152 Å². The van der Waals surface area contributed by atoms with E-state index in [1.165, 1.54) is 12.8 Å². The van der Waals surface area contributed by atoms with Crippen molar-refractivity contribution in [1.29, 1.82) is 0 Å². The third-order valence-electron chi connectivity index (χ3n) is 5.80. The molecule has 7 heteroatoms. The van der Waals surface area contributed by atoms with Crippen LogP contribution in [0.4, 0.5) is 0 Å². The summed E-state index contributed by atoms with van der Waals surface area (Å²) >= 11 is 0. The van der Waals surface area contributed by atoms with Crippen LogP contribution in [0.3, 0.4) is 0 Å². The minimum atomic E-state index is -0.464. The molecule has 26 heavy (non-hydrogen) atoms. The molecule has 0 saturated heterocycles. The number of nitrogens with one attached hydrogen (secondary N) is 1. The molecule has 0 bridgehead atoms. The Morgan fingerprint density at radius 3 is 2.92 bits per heavy atom. The highest BCUT2D eigenvalue weighted by atomic mass is 16.5. The van der Waals surface area contributed by atoms with Gasteiger partial charge in [-0.05, 0) is 44.7 Å². The first kappa shape index (κ1) is 17.3. The van der Waals surface area contributed by atoms with E-state index in [-0.39, 0.29) is 17.7 Å². The van der Waals surface area contributed by atoms with Gasteiger partial charge in [-0.1, -0.05) is 18.0 Å². The number of rotatable bonds is 5. The van der Waals surface area contributed by atoms with Gasteiger partial charge in [0.1, 0.15) is 5.69 Å². The Morgan fingerprint density at radius 2 is 2.19 bits per heavy atom. The van der Waals surface area contributed by atoms with Gasteiger partial charge in [-0.2, -0.15) is 4.98 Å². The van der Waals surface area contributed by atoms with Gasteiger partial charge in [0.15, 0.2) is 5.82 Å². The Morgan fingerprint density at radius 1 is 1.38 bits per heavy atom. The van der Waals surface area contributed by atoms with Gasteiger partial charge < -0.3 is 19.5 Å². The molecular formula is C19H26N4O3. The van der Waals surface area contributed by atoms with E-state index < -0.39 is 6.10 Å². The van der Waals surface area contributed by atoms with Crippen LogP contribution in [-0.4, -0.2) is 38.4 Å². The quantitative estimate of drug-likeness (QED) is 0.857. The number of carbonyl (C=O) groups excluding carboxylic acids is 1. The minimum absolute atomic E-state index is 0.00560. The molecule has 0 radical (unpaired) electrons. The lowest BCUT2D eigenvalue weighted by atomic mass is 10.0. The maximum atomic E-state index is 12.6. The number of hydrogen-bond acceptors (Lipinski definition) is 5. The molecule has 0 aromatic carbocycles. The first-order valence-corrected chi connectivity index (χ1v) is 9.55. The van der Waals surface area contributed by atoms with E-state index in [0.29, 0.717) is 36.4 Å². The summed E-state index contributed by atoms with van der Waals surface area (Å²) in [5.41, 5.74) is 0.716. The van der Waals surface area contributed by atoms with Crippen LogP contribution < -0.4 is 5.32 Å². The van der Waals surface area contributed by atoms with Crippen molar-refractivity contribution in [1.82, 2.24) is 20.0 Å². The van der Waals surface area contributed by atoms with E-state index in [0.717, 1.165) is 19.3 Å². The fourth-order valence-electron chi connectivity index (χ4n) is 4.40. The highest BCUT2D eigenvalue weighted by Gasteiger charge is 2.37. The number of aliphatic hydroxyl groups is 1. The zero-order valence-corrected chi connectivity index (χ0v) is 15.1. The summed E-state index contributed by atoms with van der Waals surface area (Å²) in [5.74, 6) is 1.21. The standard InChI is InChI=1S/C19H26N4O3/c1-12-21-19(26-22-12)13-9-14(17(24)10-13)11-20-18(25)16-7-4-8-23(16)15-5-2-3-6-15/h4,7-8,13-15,17,24H,2-3,5-6,9-11H2,1H3,(H,20,25)/t13-,14+,17+/m0/s1. The number of hydrogen-bond donors (Lipinski definition) is 2. The molecule has 2 aliphatic rings. The predicted molar refractivity (Wildman–Crippen MR) is 94.8 cm³/mol. The minimum Gasteiger partial charge on any atom is -0.393 e. The van der Waals surface area contributed by atoms with Crippen molar-refractivity contribution >= 4 is 5.91 Å². The van der Waals surface area contributed by atoms with E-state index in [2.05, 4.69) is 20.0 Å². The average molecular weight is 358 g/mol. The molecule has 4 rings (SSSR count). The lowest BCUT2D eigenvalue weighted by Crippen LogP contribution is -2.33. The van der Waals surface area contributed by atoms with Crippen LogP contribution in [0, 0.1) is 12.8 Å². The van der Waals surface area contributed by atoms with Crippen LogP contribution in [0.2, 0.25) is 0 Å². The molecule has 0 spiro atoms. The van der Waals surface area contributed by atoms with Crippen LogP contribution >= 0.6 is 0 Å². The first-order chi connectivity index (χ1) is 12.6. The summed E-state index contributed by atoms with van der Waals surface area (Å²) in [4.78, 5) is 16.9. The van der Waals surface area contributed by atoms with Gasteiger partial charge in [-0.25, -0.2) is 0 Å². The maximum Gasteiger partial charge on any atom is 0.267 e. The summed E-state index contributed by atoms with van der Waals surface area (Å²) in [5, 5.41) is 17.2. The number of aliphatic hydroxyl groups excluding tert-OH is 1. The summed E-state index contributed by atoms with van der Waals surface area (Å²) in [7, 11) is 0. The second-order valence-electron chi connectivity index (χ2n) is 7.62. The van der Waals surface area contributed by atoms with Gasteiger partial charge in [0.2, 0.25) is 5.89 Å². The molecule has 3 atom stereocenters. The topological polar surface area (TPSA) is 93.2 Å². The molecule has 2 aromatic heterocycles. The molecule has 2 heterocycles. The highest BCUT2D eigenvalue weighted by Crippen LogP contribution is 2.37. The van der Waals surface area contributed by atoms with Gasteiger partial charge in [0, 0.05) is 30.6 Å². The van der Waals surface area contributed by atoms with Crippen LogP contribution in [0.5, 0.6) is 0 Å². The zero-order valence-electron chi connectivity index (χ0n) is 15.1. The zero-order chi connectivity index (χ0) is 18.1. The lowest BCUT2D eigenvalue weighted by molar-refractivity contribution is 0.0905. The number of aryl methyl sites for hydroxylation is 1. The lowest BCUT2D eigenvalue weighted by Gasteiger charge is -2.18. The van der Waals surface area contributed by atoms with Gasteiger partial charge >= 0.3 is 0 Å². The van der Waals surface area contributed by atoms with Gasteiger partial charge in [0.25, 0.3) is 5.91 Å². The van der Waals surface area contributed by atoms with E-state index in [1.54, 1.807) is 6.92 Å². The predicted octanol–water partition coefficient (Wildman–Crippen LogP) is 2.58. The molecule has 0 unspecified atom stereocenters. The van der Waals surface area contributed by atoms with Crippen molar-refractivity contribution in [3.63, 3.8) is 0 Å². The van der Waals surface area contributed by atoms with Crippen molar-refractivity contribution < 1.29 is 14.4 Å². The monoisotopic (exact) mass is 358 g/mol. The van der Waals surface area contributed by atoms with E-state index >= 15 is 0 Å². The highest BCUT2D eigenvalue weighted by molar-refractivity contribution is 5.92. The Bertz CT molecular complexity index is 762. The third kappa shape index (κ3) is 3.40. The molecule has 2 aromatic rings. The van der Waals surface area contributed by atoms with E-state index in [9.17, 15) is 9.90 Å². The molecule has 2 saturated carbocycles. The smallest absolute Gasteiger partial charge is 0.267 e. The third-order valence-corrected chi connectivity index (χ3v) is 5.80. The molecule has 7 nitrogen and oxygen atoms in total. The molecule has 0 aliphatic heterocycles. The molecule has 2 fully saturated rings. The van der Waals surface area contributed by atoms with Crippen molar-refractivity contribution in [2.45, 2.75) is 63.5 Å². The molecule has 140 valence electrons. The largest absolute Gasteiger partial charge is 0.393 e. The second kappa shape index (κ2) is 7.23. The second-order valence-corrected chi connectivity index (χ2v) is 7.62. The van der Waals surface area contributed by atoms with Crippen molar-refractivity contribution in [3.05, 3.63) is 35.7 Å². The summed E-state index contributed by atoms with van der Waals surface area (Å²) in [6.07, 6.45) is 7.62. The van der Waals surface area contributed by atoms with Gasteiger partial charge in [0.05, 0.1) is 6.10 Å². The van der Waals surface area contributed by atoms with Gasteiger partial charge in [-0.3, -0.25) is 4.79 Å². The Hall–Kier alpha value is -2.15. The molecule has 1 amide bonds. The average Bonchev–Trinajstić information content (AvgIpc) is 3.39. The number of nitrogens with zero attached hydrogens (tertiary/aromatic N) is 3. The number of aromatic nitrogens is 3. The van der Waals surface area contributed by atoms with Crippen LogP contribution in [0.25, 0.3) is 0 Å². The molecular weight excluding hydrogens is 332 g/mol. The van der Waals surface area contributed by atoms with Gasteiger partial charge in [-0.15, -0.1) is 0 Å². The van der Waals surface area contributed by atoms with Crippen molar-refractivity contribution in [3.8, 4) is 0 Å². The maximum absolute atomic E-state index is 12.6. The SMILES string of the molecule is Cc1noc([C@H]2C[C@H](CNC(=O)c3cccn3C3CCCC3)[C@H](O)C2)n1. The molecule has 2 N–H and O–H groups in total. The van der Waals surface area contributed by atoms with E-state index in [1.807, 2.05) is 18.3 Å². The first-order valence-electron chi connectivity index (χ1n) is 9.55. The Kier molecular flexibility index (Phi) is 4.80. The number of amides is 1.